The second-order valence-corrected chi connectivity index (χ2v) is 6.82. The minimum Gasteiger partial charge on any atom is -0.336 e. The van der Waals surface area contributed by atoms with Crippen molar-refractivity contribution in [3.63, 3.8) is 0 Å². The Morgan fingerprint density at radius 1 is 1.16 bits per heavy atom. The maximum Gasteiger partial charge on any atom is 0.255 e. The van der Waals surface area contributed by atoms with E-state index in [4.69, 9.17) is 0 Å². The van der Waals surface area contributed by atoms with Gasteiger partial charge in [0, 0.05) is 41.2 Å². The predicted molar refractivity (Wildman–Crippen MR) is 84.5 cm³/mol. The third-order valence-corrected chi connectivity index (χ3v) is 4.68. The van der Waals surface area contributed by atoms with Crippen molar-refractivity contribution in [3.05, 3.63) is 32.7 Å². The second kappa shape index (κ2) is 6.37. The molecule has 0 atom stereocenters. The van der Waals surface area contributed by atoms with E-state index in [2.05, 4.69) is 50.6 Å². The highest BCUT2D eigenvalue weighted by Gasteiger charge is 2.24. The maximum absolute atomic E-state index is 12.5. The van der Waals surface area contributed by atoms with Crippen LogP contribution in [0.3, 0.4) is 0 Å². The van der Waals surface area contributed by atoms with Crippen LogP contribution in [0.15, 0.2) is 27.1 Å². The molecule has 0 aliphatic carbocycles. The Balaban J connectivity index is 2.07. The summed E-state index contributed by atoms with van der Waals surface area (Å²) in [6, 6.07) is 6.26. The summed E-state index contributed by atoms with van der Waals surface area (Å²) in [5.74, 6) is 0.108. The molecule has 0 saturated carbocycles. The predicted octanol–water partition coefficient (Wildman–Crippen LogP) is 3.38. The highest BCUT2D eigenvalue weighted by Crippen LogP contribution is 2.23. The van der Waals surface area contributed by atoms with Crippen LogP contribution in [0, 0.1) is 0 Å². The van der Waals surface area contributed by atoms with Crippen LogP contribution < -0.4 is 0 Å². The number of carbonyl (C=O) groups is 1. The normalized spacial score (nSPS) is 17.0. The van der Waals surface area contributed by atoms with Gasteiger partial charge in [0.1, 0.15) is 0 Å². The molecule has 1 aliphatic rings. The lowest BCUT2D eigenvalue weighted by Gasteiger charge is -2.37. The van der Waals surface area contributed by atoms with E-state index >= 15 is 0 Å². The van der Waals surface area contributed by atoms with E-state index in [1.807, 2.05) is 23.1 Å². The van der Waals surface area contributed by atoms with Crippen LogP contribution in [-0.4, -0.2) is 47.9 Å². The molecule has 19 heavy (non-hydrogen) atoms. The van der Waals surface area contributed by atoms with E-state index in [9.17, 15) is 4.79 Å². The van der Waals surface area contributed by atoms with Crippen molar-refractivity contribution >= 4 is 37.8 Å². The Labute approximate surface area is 131 Å². The molecule has 1 heterocycles. The fourth-order valence-corrected chi connectivity index (χ4v) is 3.05. The Bertz CT molecular complexity index is 469. The van der Waals surface area contributed by atoms with Crippen molar-refractivity contribution in [2.45, 2.75) is 19.9 Å². The number of hydrogen-bond donors (Lipinski definition) is 0. The fraction of sp³-hybridized carbons (Fsp3) is 0.500. The Hall–Kier alpha value is -0.390. The molecule has 0 radical (unpaired) electrons. The zero-order valence-electron chi connectivity index (χ0n) is 11.2. The number of rotatable bonds is 2. The van der Waals surface area contributed by atoms with Crippen molar-refractivity contribution < 1.29 is 4.79 Å². The molecular weight excluding hydrogens is 372 g/mol. The summed E-state index contributed by atoms with van der Waals surface area (Å²) in [6.07, 6.45) is 0. The molecule has 0 unspecified atom stereocenters. The van der Waals surface area contributed by atoms with Crippen molar-refractivity contribution in [1.29, 1.82) is 0 Å². The number of halogens is 2. The zero-order valence-corrected chi connectivity index (χ0v) is 14.4. The van der Waals surface area contributed by atoms with Gasteiger partial charge in [-0.25, -0.2) is 0 Å². The van der Waals surface area contributed by atoms with Gasteiger partial charge in [-0.05, 0) is 48.0 Å². The maximum atomic E-state index is 12.5. The lowest BCUT2D eigenvalue weighted by Crippen LogP contribution is -2.50. The topological polar surface area (TPSA) is 23.6 Å². The molecule has 1 fully saturated rings. The summed E-state index contributed by atoms with van der Waals surface area (Å²) in [6.45, 7) is 7.90. The van der Waals surface area contributed by atoms with E-state index in [1.54, 1.807) is 0 Å². The zero-order chi connectivity index (χ0) is 14.0. The number of carbonyl (C=O) groups excluding carboxylic acids is 1. The van der Waals surface area contributed by atoms with Gasteiger partial charge < -0.3 is 4.90 Å². The molecule has 0 N–H and O–H groups in total. The number of benzene rings is 1. The summed E-state index contributed by atoms with van der Waals surface area (Å²) in [5.41, 5.74) is 0.729. The van der Waals surface area contributed by atoms with E-state index in [0.717, 1.165) is 40.7 Å². The molecular formula is C14H18Br2N2O. The molecule has 104 valence electrons. The highest BCUT2D eigenvalue weighted by atomic mass is 79.9. The van der Waals surface area contributed by atoms with Crippen LogP contribution in [0.25, 0.3) is 0 Å². The van der Waals surface area contributed by atoms with E-state index in [-0.39, 0.29) is 5.91 Å². The average molecular weight is 390 g/mol. The molecule has 1 aromatic carbocycles. The summed E-state index contributed by atoms with van der Waals surface area (Å²) < 4.78 is 1.78. The summed E-state index contributed by atoms with van der Waals surface area (Å²) in [7, 11) is 0. The minimum atomic E-state index is 0.108. The molecule has 1 aromatic rings. The van der Waals surface area contributed by atoms with Crippen LogP contribution >= 0.6 is 31.9 Å². The van der Waals surface area contributed by atoms with Gasteiger partial charge in [-0.2, -0.15) is 0 Å². The van der Waals surface area contributed by atoms with E-state index < -0.39 is 0 Å². The molecule has 0 spiro atoms. The Morgan fingerprint density at radius 3 is 2.37 bits per heavy atom. The van der Waals surface area contributed by atoms with Crippen LogP contribution in [0.1, 0.15) is 24.2 Å². The first-order chi connectivity index (χ1) is 8.99. The fourth-order valence-electron chi connectivity index (χ4n) is 2.27. The molecule has 0 aromatic heterocycles. The summed E-state index contributed by atoms with van der Waals surface area (Å²) in [5, 5.41) is 0. The smallest absolute Gasteiger partial charge is 0.255 e. The quantitative estimate of drug-likeness (QED) is 0.774. The molecule has 1 amide bonds. The van der Waals surface area contributed by atoms with Crippen LogP contribution in [0.5, 0.6) is 0 Å². The van der Waals surface area contributed by atoms with Crippen LogP contribution in [0.2, 0.25) is 0 Å². The average Bonchev–Trinajstić information content (AvgIpc) is 2.41. The number of piperazine rings is 1. The van der Waals surface area contributed by atoms with Gasteiger partial charge in [0.2, 0.25) is 0 Å². The van der Waals surface area contributed by atoms with Crippen LogP contribution in [-0.2, 0) is 0 Å². The van der Waals surface area contributed by atoms with E-state index in [1.165, 1.54) is 0 Å². The molecule has 0 bridgehead atoms. The SMILES string of the molecule is CC(C)N1CCN(C(=O)c2cc(Br)ccc2Br)CC1. The van der Waals surface area contributed by atoms with Crippen molar-refractivity contribution in [2.24, 2.45) is 0 Å². The number of nitrogens with zero attached hydrogens (tertiary/aromatic N) is 2. The first-order valence-corrected chi connectivity index (χ1v) is 8.06. The first-order valence-electron chi connectivity index (χ1n) is 6.47. The molecule has 1 aliphatic heterocycles. The van der Waals surface area contributed by atoms with Gasteiger partial charge >= 0.3 is 0 Å². The monoisotopic (exact) mass is 388 g/mol. The van der Waals surface area contributed by atoms with Gasteiger partial charge in [0.15, 0.2) is 0 Å². The third kappa shape index (κ3) is 3.58. The van der Waals surface area contributed by atoms with Crippen molar-refractivity contribution in [1.82, 2.24) is 9.80 Å². The second-order valence-electron chi connectivity index (χ2n) is 5.05. The van der Waals surface area contributed by atoms with Crippen LogP contribution in [0.4, 0.5) is 0 Å². The molecule has 1 saturated heterocycles. The molecule has 3 nitrogen and oxygen atoms in total. The lowest BCUT2D eigenvalue weighted by atomic mass is 10.1. The van der Waals surface area contributed by atoms with Gasteiger partial charge in [-0.3, -0.25) is 9.69 Å². The largest absolute Gasteiger partial charge is 0.336 e. The first kappa shape index (κ1) is 15.0. The van der Waals surface area contributed by atoms with Gasteiger partial charge in [-0.1, -0.05) is 15.9 Å². The molecule has 5 heteroatoms. The van der Waals surface area contributed by atoms with Gasteiger partial charge in [-0.15, -0.1) is 0 Å². The minimum absolute atomic E-state index is 0.108. The van der Waals surface area contributed by atoms with Gasteiger partial charge in [0.25, 0.3) is 5.91 Å². The number of amides is 1. The van der Waals surface area contributed by atoms with Crippen molar-refractivity contribution in [2.75, 3.05) is 26.2 Å². The Kier molecular flexibility index (Phi) is 5.03. The summed E-state index contributed by atoms with van der Waals surface area (Å²) in [4.78, 5) is 16.8. The lowest BCUT2D eigenvalue weighted by molar-refractivity contribution is 0.0594. The van der Waals surface area contributed by atoms with E-state index in [0.29, 0.717) is 6.04 Å². The third-order valence-electron chi connectivity index (χ3n) is 3.49. The van der Waals surface area contributed by atoms with Crippen molar-refractivity contribution in [3.8, 4) is 0 Å². The highest BCUT2D eigenvalue weighted by molar-refractivity contribution is 9.11. The number of hydrogen-bond acceptors (Lipinski definition) is 2. The Morgan fingerprint density at radius 2 is 1.79 bits per heavy atom. The molecule has 2 rings (SSSR count). The summed E-state index contributed by atoms with van der Waals surface area (Å²) >= 11 is 6.87. The standard InChI is InChI=1S/C14H18Br2N2O/c1-10(2)17-5-7-18(8-6-17)14(19)12-9-11(15)3-4-13(12)16/h3-4,9-10H,5-8H2,1-2H3. The van der Waals surface area contributed by atoms with Gasteiger partial charge in [0.05, 0.1) is 5.56 Å².